The molecule has 2 rings (SSSR count). The van der Waals surface area contributed by atoms with Crippen molar-refractivity contribution in [2.45, 2.75) is 19.3 Å². The van der Waals surface area contributed by atoms with Gasteiger partial charge < -0.3 is 10.1 Å². The van der Waals surface area contributed by atoms with E-state index < -0.39 is 0 Å². The Labute approximate surface area is 72.5 Å². The third-order valence-electron chi connectivity index (χ3n) is 2.94. The topological polar surface area (TPSA) is 38.3 Å². The number of amides is 1. The maximum absolute atomic E-state index is 11.0. The van der Waals surface area contributed by atoms with Crippen LogP contribution in [-0.4, -0.2) is 25.7 Å². The van der Waals surface area contributed by atoms with Crippen molar-refractivity contribution in [3.8, 4) is 0 Å². The van der Waals surface area contributed by atoms with Crippen LogP contribution in [-0.2, 0) is 9.53 Å². The van der Waals surface area contributed by atoms with Crippen molar-refractivity contribution in [2.24, 2.45) is 11.8 Å². The number of carbonyl (C=O) groups is 1. The first-order valence-corrected chi connectivity index (χ1v) is 4.70. The normalized spacial score (nSPS) is 32.0. The molecule has 0 spiro atoms. The molecule has 0 unspecified atom stereocenters. The molecule has 68 valence electrons. The average Bonchev–Trinajstić information content (AvgIpc) is 2.54. The summed E-state index contributed by atoms with van der Waals surface area (Å²) in [4.78, 5) is 11.0. The van der Waals surface area contributed by atoms with Gasteiger partial charge in [-0.25, -0.2) is 0 Å². The summed E-state index contributed by atoms with van der Waals surface area (Å²) in [6, 6.07) is 0. The fourth-order valence-electron chi connectivity index (χ4n) is 2.15. The Bertz CT molecular complexity index is 175. The molecule has 2 heterocycles. The molecular weight excluding hydrogens is 154 g/mol. The fourth-order valence-corrected chi connectivity index (χ4v) is 2.15. The summed E-state index contributed by atoms with van der Waals surface area (Å²) in [6.07, 6.45) is 3.02. The number of nitrogens with one attached hydrogen (secondary N) is 1. The largest absolute Gasteiger partial charge is 0.381 e. The highest BCUT2D eigenvalue weighted by Crippen LogP contribution is 2.28. The zero-order valence-corrected chi connectivity index (χ0v) is 7.21. The van der Waals surface area contributed by atoms with E-state index in [1.807, 2.05) is 0 Å². The van der Waals surface area contributed by atoms with E-state index in [9.17, 15) is 4.79 Å². The Balaban J connectivity index is 1.86. The molecule has 0 aromatic carbocycles. The minimum absolute atomic E-state index is 0.228. The lowest BCUT2D eigenvalue weighted by atomic mass is 9.85. The maximum atomic E-state index is 11.0. The number of ether oxygens (including phenoxy) is 1. The molecule has 1 atom stereocenters. The van der Waals surface area contributed by atoms with E-state index in [0.29, 0.717) is 5.92 Å². The van der Waals surface area contributed by atoms with Crippen LogP contribution < -0.4 is 5.32 Å². The average molecular weight is 169 g/mol. The van der Waals surface area contributed by atoms with Crippen LogP contribution in [0.4, 0.5) is 0 Å². The highest BCUT2D eigenvalue weighted by molar-refractivity contribution is 5.78. The molecule has 0 aromatic heterocycles. The highest BCUT2D eigenvalue weighted by Gasteiger charge is 2.30. The smallest absolute Gasteiger partial charge is 0.220 e. The van der Waals surface area contributed by atoms with Gasteiger partial charge in [0.05, 0.1) is 0 Å². The number of carbonyl (C=O) groups excluding carboxylic acids is 1. The lowest BCUT2D eigenvalue weighted by molar-refractivity contribution is -0.119. The van der Waals surface area contributed by atoms with Gasteiger partial charge in [0, 0.05) is 26.2 Å². The molecule has 0 aromatic rings. The summed E-state index contributed by atoms with van der Waals surface area (Å²) in [5.74, 6) is 1.53. The summed E-state index contributed by atoms with van der Waals surface area (Å²) in [7, 11) is 0. The van der Waals surface area contributed by atoms with E-state index in [-0.39, 0.29) is 5.91 Å². The van der Waals surface area contributed by atoms with E-state index in [1.165, 1.54) is 0 Å². The van der Waals surface area contributed by atoms with Gasteiger partial charge in [-0.3, -0.25) is 4.79 Å². The van der Waals surface area contributed by atoms with Crippen LogP contribution in [0.3, 0.4) is 0 Å². The van der Waals surface area contributed by atoms with Crippen molar-refractivity contribution in [3.05, 3.63) is 0 Å². The first kappa shape index (κ1) is 8.05. The van der Waals surface area contributed by atoms with Gasteiger partial charge in [0.2, 0.25) is 5.91 Å². The second-order valence-electron chi connectivity index (χ2n) is 3.72. The molecule has 3 heteroatoms. The van der Waals surface area contributed by atoms with Crippen LogP contribution in [0.25, 0.3) is 0 Å². The first-order chi connectivity index (χ1) is 5.86. The van der Waals surface area contributed by atoms with Crippen molar-refractivity contribution >= 4 is 5.91 Å². The number of rotatable bonds is 1. The lowest BCUT2D eigenvalue weighted by Gasteiger charge is -2.26. The van der Waals surface area contributed by atoms with Crippen LogP contribution in [0.15, 0.2) is 0 Å². The standard InChI is InChI=1S/C9H15NO2/c11-9-5-8(6-10-9)7-1-3-12-4-2-7/h7-8H,1-6H2,(H,10,11)/t8-/m1/s1. The Hall–Kier alpha value is -0.570. The quantitative estimate of drug-likeness (QED) is 0.622. The van der Waals surface area contributed by atoms with E-state index in [1.54, 1.807) is 0 Å². The van der Waals surface area contributed by atoms with Gasteiger partial charge in [-0.15, -0.1) is 0 Å². The molecule has 1 amide bonds. The van der Waals surface area contributed by atoms with Gasteiger partial charge in [-0.1, -0.05) is 0 Å². The van der Waals surface area contributed by atoms with E-state index in [2.05, 4.69) is 5.32 Å². The van der Waals surface area contributed by atoms with Crippen molar-refractivity contribution in [3.63, 3.8) is 0 Å². The van der Waals surface area contributed by atoms with Gasteiger partial charge in [0.1, 0.15) is 0 Å². The van der Waals surface area contributed by atoms with Crippen LogP contribution in [0.1, 0.15) is 19.3 Å². The molecule has 2 aliphatic rings. The molecule has 0 bridgehead atoms. The molecule has 0 aliphatic carbocycles. The molecule has 0 saturated carbocycles. The summed E-state index contributed by atoms with van der Waals surface area (Å²) in [6.45, 7) is 2.66. The van der Waals surface area contributed by atoms with Crippen molar-refractivity contribution in [1.29, 1.82) is 0 Å². The summed E-state index contributed by atoms with van der Waals surface area (Å²) in [5.41, 5.74) is 0. The fraction of sp³-hybridized carbons (Fsp3) is 0.889. The molecule has 2 saturated heterocycles. The van der Waals surface area contributed by atoms with Gasteiger partial charge in [-0.2, -0.15) is 0 Å². The Morgan fingerprint density at radius 2 is 2.00 bits per heavy atom. The van der Waals surface area contributed by atoms with E-state index in [4.69, 9.17) is 4.74 Å². The minimum atomic E-state index is 0.228. The molecular formula is C9H15NO2. The van der Waals surface area contributed by atoms with E-state index >= 15 is 0 Å². The first-order valence-electron chi connectivity index (χ1n) is 4.70. The zero-order chi connectivity index (χ0) is 8.39. The van der Waals surface area contributed by atoms with Crippen LogP contribution in [0.5, 0.6) is 0 Å². The molecule has 2 fully saturated rings. The Morgan fingerprint density at radius 1 is 1.25 bits per heavy atom. The second-order valence-corrected chi connectivity index (χ2v) is 3.72. The monoisotopic (exact) mass is 169 g/mol. The molecule has 1 N–H and O–H groups in total. The van der Waals surface area contributed by atoms with Gasteiger partial charge in [0.25, 0.3) is 0 Å². The zero-order valence-electron chi connectivity index (χ0n) is 7.21. The Kier molecular flexibility index (Phi) is 2.30. The van der Waals surface area contributed by atoms with E-state index in [0.717, 1.165) is 44.9 Å². The van der Waals surface area contributed by atoms with Crippen LogP contribution >= 0.6 is 0 Å². The minimum Gasteiger partial charge on any atom is -0.381 e. The Morgan fingerprint density at radius 3 is 2.58 bits per heavy atom. The predicted octanol–water partition coefficient (Wildman–Crippen LogP) is 0.549. The van der Waals surface area contributed by atoms with Gasteiger partial charge >= 0.3 is 0 Å². The van der Waals surface area contributed by atoms with Crippen molar-refractivity contribution in [2.75, 3.05) is 19.8 Å². The van der Waals surface area contributed by atoms with Crippen LogP contribution in [0.2, 0.25) is 0 Å². The summed E-state index contributed by atoms with van der Waals surface area (Å²) >= 11 is 0. The summed E-state index contributed by atoms with van der Waals surface area (Å²) < 4.78 is 5.28. The van der Waals surface area contributed by atoms with Crippen LogP contribution in [0, 0.1) is 11.8 Å². The SMILES string of the molecule is O=C1C[C@@H](C2CCOCC2)CN1. The second kappa shape index (κ2) is 3.44. The number of hydrogen-bond donors (Lipinski definition) is 1. The maximum Gasteiger partial charge on any atom is 0.220 e. The van der Waals surface area contributed by atoms with Crippen molar-refractivity contribution in [1.82, 2.24) is 5.32 Å². The lowest BCUT2D eigenvalue weighted by Crippen LogP contribution is -2.24. The molecule has 0 radical (unpaired) electrons. The van der Waals surface area contributed by atoms with Gasteiger partial charge in [0.15, 0.2) is 0 Å². The highest BCUT2D eigenvalue weighted by atomic mass is 16.5. The third kappa shape index (κ3) is 1.61. The van der Waals surface area contributed by atoms with Gasteiger partial charge in [-0.05, 0) is 24.7 Å². The van der Waals surface area contributed by atoms with Crippen molar-refractivity contribution < 1.29 is 9.53 Å². The number of hydrogen-bond acceptors (Lipinski definition) is 2. The predicted molar refractivity (Wildman–Crippen MR) is 44.7 cm³/mol. The molecule has 3 nitrogen and oxygen atoms in total. The molecule has 2 aliphatic heterocycles. The third-order valence-corrected chi connectivity index (χ3v) is 2.94. The summed E-state index contributed by atoms with van der Waals surface area (Å²) in [5, 5.41) is 2.89. The molecule has 12 heavy (non-hydrogen) atoms.